The predicted octanol–water partition coefficient (Wildman–Crippen LogP) is 1.36. The van der Waals surface area contributed by atoms with Crippen LogP contribution in [-0.2, 0) is 4.74 Å². The third kappa shape index (κ3) is 1.12. The van der Waals surface area contributed by atoms with Crippen molar-refractivity contribution >= 4 is 6.09 Å². The fourth-order valence-electron chi connectivity index (χ4n) is 0.853. The summed E-state index contributed by atoms with van der Waals surface area (Å²) in [6.07, 6.45) is 1.59. The molecule has 0 unspecified atom stereocenters. The van der Waals surface area contributed by atoms with Crippen molar-refractivity contribution in [3.05, 3.63) is 11.8 Å². The van der Waals surface area contributed by atoms with Crippen LogP contribution in [0.1, 0.15) is 13.8 Å². The second kappa shape index (κ2) is 2.73. The Bertz CT molecular complexity index is 174. The topological polar surface area (TPSA) is 29.5 Å². The second-order valence-electron chi connectivity index (χ2n) is 2.14. The normalized spacial score (nSPS) is 22.0. The monoisotopic (exact) mass is 141 g/mol. The van der Waals surface area contributed by atoms with E-state index in [1.54, 1.807) is 4.90 Å². The first-order valence-electron chi connectivity index (χ1n) is 3.40. The van der Waals surface area contributed by atoms with E-state index in [1.807, 2.05) is 19.9 Å². The number of likely N-dealkylation sites (N-methyl/N-ethyl adjacent to an activating group) is 1. The van der Waals surface area contributed by atoms with Gasteiger partial charge in [-0.25, -0.2) is 4.79 Å². The summed E-state index contributed by atoms with van der Waals surface area (Å²) in [5, 5.41) is 0. The first kappa shape index (κ1) is 7.12. The molecular formula is C7H11NO2. The zero-order valence-corrected chi connectivity index (χ0v) is 6.26. The van der Waals surface area contributed by atoms with Crippen molar-refractivity contribution in [2.75, 3.05) is 13.1 Å². The summed E-state index contributed by atoms with van der Waals surface area (Å²) in [4.78, 5) is 12.5. The fraction of sp³-hybridized carbons (Fsp3) is 0.571. The molecule has 0 atom stereocenters. The van der Waals surface area contributed by atoms with E-state index in [-0.39, 0.29) is 6.09 Å². The van der Waals surface area contributed by atoms with Gasteiger partial charge in [-0.1, -0.05) is 0 Å². The molecule has 56 valence electrons. The van der Waals surface area contributed by atoms with Crippen LogP contribution in [0, 0.1) is 0 Å². The third-order valence-electron chi connectivity index (χ3n) is 1.53. The van der Waals surface area contributed by atoms with E-state index in [1.165, 1.54) is 0 Å². The Balaban J connectivity index is 2.61. The Hall–Kier alpha value is -0.990. The lowest BCUT2D eigenvalue weighted by atomic mass is 10.4. The molecule has 3 nitrogen and oxygen atoms in total. The Morgan fingerprint density at radius 2 is 2.50 bits per heavy atom. The molecule has 1 aliphatic rings. The number of nitrogens with zero attached hydrogens (tertiary/aromatic N) is 1. The fourth-order valence-corrected chi connectivity index (χ4v) is 0.853. The van der Waals surface area contributed by atoms with Crippen molar-refractivity contribution < 1.29 is 9.53 Å². The second-order valence-corrected chi connectivity index (χ2v) is 2.14. The van der Waals surface area contributed by atoms with Crippen molar-refractivity contribution in [3.63, 3.8) is 0 Å². The minimum absolute atomic E-state index is 0.226. The van der Waals surface area contributed by atoms with Crippen LogP contribution >= 0.6 is 0 Å². The summed E-state index contributed by atoms with van der Waals surface area (Å²) in [7, 11) is 0. The van der Waals surface area contributed by atoms with Crippen LogP contribution in [0.15, 0.2) is 11.8 Å². The Kier molecular flexibility index (Phi) is 1.94. The highest BCUT2D eigenvalue weighted by Gasteiger charge is 2.23. The highest BCUT2D eigenvalue weighted by molar-refractivity contribution is 5.71. The SMILES string of the molecule is C/C=C1/CN(CC)C(=O)O1. The van der Waals surface area contributed by atoms with Gasteiger partial charge in [0.05, 0.1) is 6.54 Å². The zero-order chi connectivity index (χ0) is 7.56. The zero-order valence-electron chi connectivity index (χ0n) is 6.26. The molecule has 0 spiro atoms. The molecule has 0 bridgehead atoms. The molecule has 0 saturated carbocycles. The maximum absolute atomic E-state index is 10.8. The van der Waals surface area contributed by atoms with Crippen LogP contribution in [0.3, 0.4) is 0 Å². The summed E-state index contributed by atoms with van der Waals surface area (Å²) in [5.74, 6) is 0.756. The van der Waals surface area contributed by atoms with Crippen LogP contribution in [-0.4, -0.2) is 24.1 Å². The number of allylic oxidation sites excluding steroid dienone is 1. The van der Waals surface area contributed by atoms with Gasteiger partial charge in [-0.3, -0.25) is 0 Å². The van der Waals surface area contributed by atoms with Crippen molar-refractivity contribution in [3.8, 4) is 0 Å². The molecule has 1 saturated heterocycles. The van der Waals surface area contributed by atoms with Crippen LogP contribution in [0.5, 0.6) is 0 Å². The Labute approximate surface area is 60.3 Å². The van der Waals surface area contributed by atoms with E-state index in [4.69, 9.17) is 4.74 Å². The maximum Gasteiger partial charge on any atom is 0.415 e. The molecule has 1 heterocycles. The van der Waals surface area contributed by atoms with Gasteiger partial charge in [0.15, 0.2) is 0 Å². The first-order valence-corrected chi connectivity index (χ1v) is 3.40. The van der Waals surface area contributed by atoms with Crippen molar-refractivity contribution in [2.45, 2.75) is 13.8 Å². The lowest BCUT2D eigenvalue weighted by molar-refractivity contribution is 0.170. The molecule has 0 aromatic heterocycles. The van der Waals surface area contributed by atoms with E-state index in [2.05, 4.69) is 0 Å². The van der Waals surface area contributed by atoms with Crippen LogP contribution in [0.4, 0.5) is 4.79 Å². The average molecular weight is 141 g/mol. The Morgan fingerprint density at radius 1 is 1.80 bits per heavy atom. The smallest absolute Gasteiger partial charge is 0.413 e. The van der Waals surface area contributed by atoms with Gasteiger partial charge in [-0.15, -0.1) is 0 Å². The highest BCUT2D eigenvalue weighted by Crippen LogP contribution is 2.12. The minimum Gasteiger partial charge on any atom is -0.413 e. The molecule has 0 aliphatic carbocycles. The summed E-state index contributed by atoms with van der Waals surface area (Å²) in [6, 6.07) is 0. The van der Waals surface area contributed by atoms with Gasteiger partial charge in [0.2, 0.25) is 0 Å². The number of carbonyl (C=O) groups is 1. The average Bonchev–Trinajstić information content (AvgIpc) is 2.30. The van der Waals surface area contributed by atoms with E-state index in [9.17, 15) is 4.79 Å². The van der Waals surface area contributed by atoms with Gasteiger partial charge in [0.1, 0.15) is 5.76 Å². The number of hydrogen-bond donors (Lipinski definition) is 0. The van der Waals surface area contributed by atoms with Gasteiger partial charge in [-0.2, -0.15) is 0 Å². The largest absolute Gasteiger partial charge is 0.415 e. The van der Waals surface area contributed by atoms with Gasteiger partial charge < -0.3 is 9.64 Å². The molecule has 1 amide bonds. The van der Waals surface area contributed by atoms with Crippen molar-refractivity contribution in [1.29, 1.82) is 0 Å². The summed E-state index contributed by atoms with van der Waals surface area (Å²) >= 11 is 0. The Morgan fingerprint density at radius 3 is 2.80 bits per heavy atom. The predicted molar refractivity (Wildman–Crippen MR) is 37.5 cm³/mol. The summed E-state index contributed by atoms with van der Waals surface area (Å²) in [6.45, 7) is 5.14. The van der Waals surface area contributed by atoms with Gasteiger partial charge in [-0.05, 0) is 19.9 Å². The van der Waals surface area contributed by atoms with E-state index in [0.717, 1.165) is 12.3 Å². The van der Waals surface area contributed by atoms with Crippen LogP contribution < -0.4 is 0 Å². The molecule has 3 heteroatoms. The van der Waals surface area contributed by atoms with Crippen LogP contribution in [0.25, 0.3) is 0 Å². The molecule has 0 radical (unpaired) electrons. The summed E-state index contributed by atoms with van der Waals surface area (Å²) < 4.78 is 4.86. The molecule has 0 aromatic rings. The number of rotatable bonds is 1. The number of cyclic esters (lactones) is 1. The van der Waals surface area contributed by atoms with Crippen molar-refractivity contribution in [2.24, 2.45) is 0 Å². The summed E-state index contributed by atoms with van der Waals surface area (Å²) in [5.41, 5.74) is 0. The van der Waals surface area contributed by atoms with Gasteiger partial charge in [0, 0.05) is 6.54 Å². The molecule has 0 aromatic carbocycles. The van der Waals surface area contributed by atoms with E-state index >= 15 is 0 Å². The number of hydrogen-bond acceptors (Lipinski definition) is 2. The van der Waals surface area contributed by atoms with E-state index < -0.39 is 0 Å². The lowest BCUT2D eigenvalue weighted by Crippen LogP contribution is -2.23. The van der Waals surface area contributed by atoms with Gasteiger partial charge >= 0.3 is 6.09 Å². The first-order chi connectivity index (χ1) is 4.77. The molecule has 1 aliphatic heterocycles. The molecule has 1 rings (SSSR count). The minimum atomic E-state index is -0.226. The standard InChI is InChI=1S/C7H11NO2/c1-3-6-5-8(4-2)7(9)10-6/h3H,4-5H2,1-2H3/b6-3-. The quantitative estimate of drug-likeness (QED) is 0.551. The maximum atomic E-state index is 10.8. The number of amides is 1. The number of ether oxygens (including phenoxy) is 1. The van der Waals surface area contributed by atoms with Crippen LogP contribution in [0.2, 0.25) is 0 Å². The lowest BCUT2D eigenvalue weighted by Gasteiger charge is -2.05. The molecule has 1 fully saturated rings. The molecular weight excluding hydrogens is 130 g/mol. The van der Waals surface area contributed by atoms with Gasteiger partial charge in [0.25, 0.3) is 0 Å². The van der Waals surface area contributed by atoms with Crippen molar-refractivity contribution in [1.82, 2.24) is 4.90 Å². The van der Waals surface area contributed by atoms with E-state index in [0.29, 0.717) is 6.54 Å². The number of carbonyl (C=O) groups excluding carboxylic acids is 1. The third-order valence-corrected chi connectivity index (χ3v) is 1.53. The molecule has 0 N–H and O–H groups in total. The highest BCUT2D eigenvalue weighted by atomic mass is 16.6. The molecule has 10 heavy (non-hydrogen) atoms.